The van der Waals surface area contributed by atoms with E-state index in [4.69, 9.17) is 19.7 Å². The summed E-state index contributed by atoms with van der Waals surface area (Å²) in [5.74, 6) is 3.53. The summed E-state index contributed by atoms with van der Waals surface area (Å²) < 4.78 is 7.02. The van der Waals surface area contributed by atoms with E-state index >= 15 is 0 Å². The van der Waals surface area contributed by atoms with Gasteiger partial charge in [-0.15, -0.1) is 0 Å². The summed E-state index contributed by atoms with van der Waals surface area (Å²) in [4.78, 5) is 15.4. The van der Waals surface area contributed by atoms with Crippen molar-refractivity contribution in [1.82, 2.24) is 15.0 Å². The van der Waals surface area contributed by atoms with E-state index < -0.39 is 5.41 Å². The molecule has 2 heterocycles. The second kappa shape index (κ2) is 14.5. The molecule has 290 valence electrons. The summed E-state index contributed by atoms with van der Waals surface area (Å²) in [5, 5.41) is 0. The van der Waals surface area contributed by atoms with Crippen LogP contribution in [0, 0.1) is 0 Å². The standard InChI is InChI=1S/C58H37N3O/c1-3-15-38(16-4-1)40-29-33-42(34-30-40)55-59-56(43-35-31-41(32-36-43)39-17-5-2-6-18-39)61-57(60-55)45-20-13-19-44(37-45)46-23-14-27-52-54(46)62-53-28-12-11-26-51(53)58(52)49-24-9-7-21-47(49)48-22-8-10-25-50(48)58/h1-37H. The van der Waals surface area contributed by atoms with Crippen LogP contribution in [-0.2, 0) is 5.41 Å². The third-order valence-corrected chi connectivity index (χ3v) is 12.4. The Hall–Kier alpha value is -8.21. The lowest BCUT2D eigenvalue weighted by Crippen LogP contribution is -2.32. The summed E-state index contributed by atoms with van der Waals surface area (Å²) in [6.07, 6.45) is 0. The Labute approximate surface area is 360 Å². The van der Waals surface area contributed by atoms with Crippen molar-refractivity contribution in [1.29, 1.82) is 0 Å². The van der Waals surface area contributed by atoms with E-state index in [2.05, 4.69) is 212 Å². The Morgan fingerprint density at radius 1 is 0.274 bits per heavy atom. The van der Waals surface area contributed by atoms with Gasteiger partial charge in [0.2, 0.25) is 0 Å². The highest BCUT2D eigenvalue weighted by molar-refractivity contribution is 5.90. The summed E-state index contributed by atoms with van der Waals surface area (Å²) in [6, 6.07) is 79.0. The van der Waals surface area contributed by atoms with Crippen LogP contribution < -0.4 is 4.74 Å². The number of hydrogen-bond acceptors (Lipinski definition) is 4. The third-order valence-electron chi connectivity index (χ3n) is 12.4. The van der Waals surface area contributed by atoms with Gasteiger partial charge in [-0.25, -0.2) is 15.0 Å². The number of rotatable bonds is 6. The molecule has 1 aromatic heterocycles. The highest BCUT2D eigenvalue weighted by Gasteiger charge is 2.51. The Morgan fingerprint density at radius 3 is 1.24 bits per heavy atom. The first-order valence-corrected chi connectivity index (χ1v) is 21.0. The molecule has 0 fully saturated rings. The molecule has 0 saturated heterocycles. The fourth-order valence-electron chi connectivity index (χ4n) is 9.58. The predicted octanol–water partition coefficient (Wildman–Crippen LogP) is 14.3. The minimum atomic E-state index is -0.547. The molecule has 1 spiro atoms. The summed E-state index contributed by atoms with van der Waals surface area (Å²) in [5.41, 5.74) is 16.1. The van der Waals surface area contributed by atoms with Gasteiger partial charge < -0.3 is 4.74 Å². The summed E-state index contributed by atoms with van der Waals surface area (Å²) in [7, 11) is 0. The third kappa shape index (κ3) is 5.72. The molecule has 0 N–H and O–H groups in total. The number of hydrogen-bond donors (Lipinski definition) is 0. The Kier molecular flexibility index (Phi) is 8.36. The molecule has 62 heavy (non-hydrogen) atoms. The molecule has 0 atom stereocenters. The zero-order chi connectivity index (χ0) is 41.0. The average molecular weight is 792 g/mol. The topological polar surface area (TPSA) is 47.9 Å². The van der Waals surface area contributed by atoms with Gasteiger partial charge in [0.25, 0.3) is 0 Å². The maximum Gasteiger partial charge on any atom is 0.164 e. The number of para-hydroxylation sites is 2. The van der Waals surface area contributed by atoms with Crippen LogP contribution >= 0.6 is 0 Å². The van der Waals surface area contributed by atoms with Crippen molar-refractivity contribution in [2.75, 3.05) is 0 Å². The number of nitrogens with zero attached hydrogens (tertiary/aromatic N) is 3. The van der Waals surface area contributed by atoms with Gasteiger partial charge in [-0.1, -0.05) is 212 Å². The molecular weight excluding hydrogens is 755 g/mol. The van der Waals surface area contributed by atoms with Gasteiger partial charge in [0.05, 0.1) is 5.41 Å². The van der Waals surface area contributed by atoms with Gasteiger partial charge in [-0.05, 0) is 62.2 Å². The molecule has 2 aliphatic rings. The molecule has 0 amide bonds. The first-order valence-electron chi connectivity index (χ1n) is 21.0. The normalized spacial score (nSPS) is 12.8. The molecule has 0 saturated carbocycles. The van der Waals surface area contributed by atoms with Crippen LogP contribution in [0.4, 0.5) is 0 Å². The Balaban J connectivity index is 1.00. The first-order chi connectivity index (χ1) is 30.7. The maximum absolute atomic E-state index is 7.02. The zero-order valence-corrected chi connectivity index (χ0v) is 33.6. The van der Waals surface area contributed by atoms with Gasteiger partial charge in [0.15, 0.2) is 17.5 Å². The molecule has 0 radical (unpaired) electrons. The maximum atomic E-state index is 7.02. The fraction of sp³-hybridized carbons (Fsp3) is 0.0172. The zero-order valence-electron chi connectivity index (χ0n) is 33.6. The van der Waals surface area contributed by atoms with Crippen molar-refractivity contribution < 1.29 is 4.74 Å². The molecule has 10 aromatic rings. The summed E-state index contributed by atoms with van der Waals surface area (Å²) >= 11 is 0. The minimum Gasteiger partial charge on any atom is -0.456 e. The van der Waals surface area contributed by atoms with Gasteiger partial charge >= 0.3 is 0 Å². The van der Waals surface area contributed by atoms with Gasteiger partial charge in [0.1, 0.15) is 11.5 Å². The lowest BCUT2D eigenvalue weighted by molar-refractivity contribution is 0.438. The molecule has 4 heteroatoms. The van der Waals surface area contributed by atoms with E-state index in [1.165, 1.54) is 22.3 Å². The first kappa shape index (κ1) is 35.7. The Bertz CT molecular complexity index is 3160. The molecule has 1 aliphatic heterocycles. The predicted molar refractivity (Wildman–Crippen MR) is 250 cm³/mol. The molecule has 1 aliphatic carbocycles. The molecule has 12 rings (SSSR count). The smallest absolute Gasteiger partial charge is 0.164 e. The van der Waals surface area contributed by atoms with E-state index in [0.717, 1.165) is 72.7 Å². The van der Waals surface area contributed by atoms with E-state index in [1.54, 1.807) is 0 Å². The number of fused-ring (bicyclic) bond motifs is 9. The van der Waals surface area contributed by atoms with Crippen LogP contribution in [0.2, 0.25) is 0 Å². The van der Waals surface area contributed by atoms with Gasteiger partial charge in [0, 0.05) is 33.4 Å². The molecular formula is C58H37N3O. The van der Waals surface area contributed by atoms with Crippen molar-refractivity contribution in [3.63, 3.8) is 0 Å². The summed E-state index contributed by atoms with van der Waals surface area (Å²) in [6.45, 7) is 0. The largest absolute Gasteiger partial charge is 0.456 e. The minimum absolute atomic E-state index is 0.547. The SMILES string of the molecule is c1ccc(-c2ccc(-c3nc(-c4ccc(-c5ccccc5)cc4)nc(-c4cccc(-c5cccc6c5Oc5ccccc5C65c6ccccc6-c6ccccc65)c4)n3)cc2)cc1. The number of aromatic nitrogens is 3. The van der Waals surface area contributed by atoms with Gasteiger partial charge in [-0.3, -0.25) is 0 Å². The Morgan fingerprint density at radius 2 is 0.661 bits per heavy atom. The lowest BCUT2D eigenvalue weighted by atomic mass is 9.65. The quantitative estimate of drug-likeness (QED) is 0.168. The molecule has 0 bridgehead atoms. The number of ether oxygens (including phenoxy) is 1. The van der Waals surface area contributed by atoms with E-state index in [1.807, 2.05) is 12.1 Å². The highest BCUT2D eigenvalue weighted by atomic mass is 16.5. The van der Waals surface area contributed by atoms with Crippen molar-refractivity contribution in [2.45, 2.75) is 5.41 Å². The van der Waals surface area contributed by atoms with Crippen LogP contribution in [0.15, 0.2) is 224 Å². The number of benzene rings is 9. The average Bonchev–Trinajstić information content (AvgIpc) is 3.65. The van der Waals surface area contributed by atoms with Crippen molar-refractivity contribution in [2.24, 2.45) is 0 Å². The van der Waals surface area contributed by atoms with Crippen LogP contribution in [0.1, 0.15) is 22.3 Å². The van der Waals surface area contributed by atoms with Crippen molar-refractivity contribution >= 4 is 0 Å². The molecule has 4 nitrogen and oxygen atoms in total. The second-order valence-electron chi connectivity index (χ2n) is 15.9. The van der Waals surface area contributed by atoms with Gasteiger partial charge in [-0.2, -0.15) is 0 Å². The van der Waals surface area contributed by atoms with Crippen LogP contribution in [0.5, 0.6) is 11.5 Å². The molecule has 9 aromatic carbocycles. The fourth-order valence-corrected chi connectivity index (χ4v) is 9.58. The monoisotopic (exact) mass is 791 g/mol. The van der Waals surface area contributed by atoms with E-state index in [-0.39, 0.29) is 0 Å². The van der Waals surface area contributed by atoms with Crippen molar-refractivity contribution in [3.8, 4) is 90.2 Å². The molecule has 0 unspecified atom stereocenters. The second-order valence-corrected chi connectivity index (χ2v) is 15.9. The van der Waals surface area contributed by atoms with Crippen LogP contribution in [0.25, 0.3) is 78.7 Å². The van der Waals surface area contributed by atoms with E-state index in [0.29, 0.717) is 17.5 Å². The van der Waals surface area contributed by atoms with Crippen LogP contribution in [0.3, 0.4) is 0 Å². The highest BCUT2D eigenvalue weighted by Crippen LogP contribution is 2.63. The van der Waals surface area contributed by atoms with Crippen molar-refractivity contribution in [3.05, 3.63) is 247 Å². The lowest BCUT2D eigenvalue weighted by Gasteiger charge is -2.40. The van der Waals surface area contributed by atoms with Crippen LogP contribution in [-0.4, -0.2) is 15.0 Å². The van der Waals surface area contributed by atoms with E-state index in [9.17, 15) is 0 Å².